The first-order chi connectivity index (χ1) is 12.2. The molecule has 1 atom stereocenters. The average Bonchev–Trinajstić information content (AvgIpc) is 3.27. The van der Waals surface area contributed by atoms with Crippen LogP contribution in [0.1, 0.15) is 44.4 Å². The highest BCUT2D eigenvalue weighted by atomic mass is 16.5. The summed E-state index contributed by atoms with van der Waals surface area (Å²) in [5.74, 6) is 2.55. The number of hydrogen-bond donors (Lipinski definition) is 2. The normalized spacial score (nSPS) is 24.2. The Morgan fingerprint density at radius 2 is 2.00 bits per heavy atom. The van der Waals surface area contributed by atoms with Crippen molar-refractivity contribution in [2.75, 3.05) is 43.5 Å². The van der Waals surface area contributed by atoms with Crippen molar-refractivity contribution in [3.05, 3.63) is 11.3 Å². The van der Waals surface area contributed by atoms with Crippen LogP contribution in [0.15, 0.2) is 0 Å². The van der Waals surface area contributed by atoms with Gasteiger partial charge >= 0.3 is 0 Å². The van der Waals surface area contributed by atoms with Crippen LogP contribution >= 0.6 is 0 Å². The molecule has 2 aliphatic heterocycles. The highest BCUT2D eigenvalue weighted by molar-refractivity contribution is 5.52. The smallest absolute Gasteiger partial charge is 0.225 e. The van der Waals surface area contributed by atoms with Crippen LogP contribution in [0, 0.1) is 5.92 Å². The molecule has 1 aromatic heterocycles. The molecule has 3 aliphatic rings. The summed E-state index contributed by atoms with van der Waals surface area (Å²) in [4.78, 5) is 12.3. The van der Waals surface area contributed by atoms with Crippen molar-refractivity contribution in [2.45, 2.75) is 58.0 Å². The Hall–Kier alpha value is -1.40. The van der Waals surface area contributed by atoms with Crippen molar-refractivity contribution in [3.63, 3.8) is 0 Å². The summed E-state index contributed by atoms with van der Waals surface area (Å²) >= 11 is 0. The van der Waals surface area contributed by atoms with Gasteiger partial charge in [-0.05, 0) is 45.4 Å². The molecule has 1 saturated carbocycles. The molecule has 25 heavy (non-hydrogen) atoms. The second kappa shape index (κ2) is 7.46. The zero-order valence-corrected chi connectivity index (χ0v) is 15.6. The van der Waals surface area contributed by atoms with E-state index in [4.69, 9.17) is 14.7 Å². The Labute approximate surface area is 150 Å². The van der Waals surface area contributed by atoms with Gasteiger partial charge in [-0.25, -0.2) is 4.98 Å². The van der Waals surface area contributed by atoms with E-state index >= 15 is 0 Å². The van der Waals surface area contributed by atoms with Gasteiger partial charge in [-0.3, -0.25) is 0 Å². The van der Waals surface area contributed by atoms with E-state index in [1.165, 1.54) is 30.5 Å². The predicted molar refractivity (Wildman–Crippen MR) is 100 cm³/mol. The summed E-state index contributed by atoms with van der Waals surface area (Å²) < 4.78 is 5.55. The van der Waals surface area contributed by atoms with E-state index in [0.717, 1.165) is 57.5 Å². The van der Waals surface area contributed by atoms with Gasteiger partial charge in [0.25, 0.3) is 0 Å². The molecular weight excluding hydrogens is 314 g/mol. The molecular formula is C19H31N5O. The SMILES string of the molecule is CC(C)Nc1nc2c(c(NC3CC3)n1)CCN(C[C@@H]1CCOC1)CC2. The van der Waals surface area contributed by atoms with Gasteiger partial charge in [0.15, 0.2) is 0 Å². The van der Waals surface area contributed by atoms with Crippen LogP contribution in [-0.2, 0) is 17.6 Å². The van der Waals surface area contributed by atoms with Gasteiger partial charge in [0.05, 0.1) is 12.3 Å². The van der Waals surface area contributed by atoms with Crippen molar-refractivity contribution in [3.8, 4) is 0 Å². The largest absolute Gasteiger partial charge is 0.381 e. The molecule has 2 N–H and O–H groups in total. The lowest BCUT2D eigenvalue weighted by Gasteiger charge is -2.22. The van der Waals surface area contributed by atoms with Gasteiger partial charge in [-0.2, -0.15) is 4.98 Å². The molecule has 1 aliphatic carbocycles. The molecule has 1 saturated heterocycles. The quantitative estimate of drug-likeness (QED) is 0.825. The van der Waals surface area contributed by atoms with E-state index in [-0.39, 0.29) is 0 Å². The lowest BCUT2D eigenvalue weighted by atomic mass is 10.1. The second-order valence-electron chi connectivity index (χ2n) is 8.07. The first-order valence-corrected chi connectivity index (χ1v) is 9.90. The van der Waals surface area contributed by atoms with E-state index in [1.54, 1.807) is 0 Å². The van der Waals surface area contributed by atoms with Crippen LogP contribution in [0.2, 0.25) is 0 Å². The van der Waals surface area contributed by atoms with Crippen LogP contribution in [0.25, 0.3) is 0 Å². The maximum Gasteiger partial charge on any atom is 0.225 e. The number of hydrogen-bond acceptors (Lipinski definition) is 6. The van der Waals surface area contributed by atoms with Gasteiger partial charge in [-0.1, -0.05) is 0 Å². The van der Waals surface area contributed by atoms with Gasteiger partial charge < -0.3 is 20.3 Å². The molecule has 0 spiro atoms. The maximum absolute atomic E-state index is 5.55. The van der Waals surface area contributed by atoms with Crippen molar-refractivity contribution in [2.24, 2.45) is 5.92 Å². The van der Waals surface area contributed by atoms with Crippen molar-refractivity contribution in [1.82, 2.24) is 14.9 Å². The molecule has 0 amide bonds. The molecule has 2 fully saturated rings. The Balaban J connectivity index is 1.50. The summed E-state index contributed by atoms with van der Waals surface area (Å²) in [6.45, 7) is 9.48. The zero-order chi connectivity index (χ0) is 17.2. The molecule has 6 heteroatoms. The molecule has 1 aromatic rings. The van der Waals surface area contributed by atoms with Gasteiger partial charge in [-0.15, -0.1) is 0 Å². The molecule has 0 bridgehead atoms. The van der Waals surface area contributed by atoms with Crippen LogP contribution in [0.4, 0.5) is 11.8 Å². The lowest BCUT2D eigenvalue weighted by Crippen LogP contribution is -2.32. The summed E-state index contributed by atoms with van der Waals surface area (Å²) in [5.41, 5.74) is 2.57. The van der Waals surface area contributed by atoms with Crippen molar-refractivity contribution in [1.29, 1.82) is 0 Å². The first kappa shape index (κ1) is 17.0. The minimum Gasteiger partial charge on any atom is -0.381 e. The third-order valence-corrected chi connectivity index (χ3v) is 5.31. The molecule has 0 aromatic carbocycles. The van der Waals surface area contributed by atoms with Crippen LogP contribution in [0.3, 0.4) is 0 Å². The highest BCUT2D eigenvalue weighted by Crippen LogP contribution is 2.29. The second-order valence-corrected chi connectivity index (χ2v) is 8.07. The fourth-order valence-corrected chi connectivity index (χ4v) is 3.78. The third kappa shape index (κ3) is 4.42. The van der Waals surface area contributed by atoms with E-state index < -0.39 is 0 Å². The number of nitrogens with zero attached hydrogens (tertiary/aromatic N) is 3. The van der Waals surface area contributed by atoms with E-state index in [9.17, 15) is 0 Å². The average molecular weight is 345 g/mol. The molecule has 138 valence electrons. The number of aromatic nitrogens is 2. The number of ether oxygens (including phenoxy) is 1. The Morgan fingerprint density at radius 3 is 2.72 bits per heavy atom. The van der Waals surface area contributed by atoms with Crippen molar-refractivity contribution < 1.29 is 4.74 Å². The standard InChI is InChI=1S/C19H31N5O/c1-13(2)20-19-22-17-6-9-24(11-14-7-10-25-12-14)8-5-16(17)18(23-19)21-15-3-4-15/h13-15H,3-12H2,1-2H3,(H2,20,21,22,23)/t14-/m0/s1. The first-order valence-electron chi connectivity index (χ1n) is 9.90. The zero-order valence-electron chi connectivity index (χ0n) is 15.6. The fourth-order valence-electron chi connectivity index (χ4n) is 3.78. The molecule has 3 heterocycles. The summed E-state index contributed by atoms with van der Waals surface area (Å²) in [5, 5.41) is 7.03. The van der Waals surface area contributed by atoms with Gasteiger partial charge in [0, 0.05) is 50.3 Å². The van der Waals surface area contributed by atoms with E-state index in [0.29, 0.717) is 18.0 Å². The van der Waals surface area contributed by atoms with E-state index in [2.05, 4.69) is 29.4 Å². The van der Waals surface area contributed by atoms with Crippen molar-refractivity contribution >= 4 is 11.8 Å². The minimum absolute atomic E-state index is 0.344. The highest BCUT2D eigenvalue weighted by Gasteiger charge is 2.27. The minimum atomic E-state index is 0.344. The topological polar surface area (TPSA) is 62.3 Å². The fraction of sp³-hybridized carbons (Fsp3) is 0.789. The maximum atomic E-state index is 5.55. The lowest BCUT2D eigenvalue weighted by molar-refractivity contribution is 0.168. The number of rotatable bonds is 6. The number of nitrogens with one attached hydrogen (secondary N) is 2. The Bertz CT molecular complexity index is 596. The Kier molecular flexibility index (Phi) is 5.08. The molecule has 6 nitrogen and oxygen atoms in total. The van der Waals surface area contributed by atoms with Crippen LogP contribution in [0.5, 0.6) is 0 Å². The molecule has 4 rings (SSSR count). The van der Waals surface area contributed by atoms with Crippen LogP contribution in [-0.4, -0.2) is 59.8 Å². The van der Waals surface area contributed by atoms with Gasteiger partial charge in [0.1, 0.15) is 5.82 Å². The molecule has 0 radical (unpaired) electrons. The summed E-state index contributed by atoms with van der Waals surface area (Å²) in [6.07, 6.45) is 5.79. The monoisotopic (exact) mass is 345 g/mol. The van der Waals surface area contributed by atoms with E-state index in [1.807, 2.05) is 0 Å². The van der Waals surface area contributed by atoms with Crippen LogP contribution < -0.4 is 10.6 Å². The predicted octanol–water partition coefficient (Wildman–Crippen LogP) is 2.31. The number of anilines is 2. The summed E-state index contributed by atoms with van der Waals surface area (Å²) in [6, 6.07) is 0.956. The number of fused-ring (bicyclic) bond motifs is 1. The summed E-state index contributed by atoms with van der Waals surface area (Å²) in [7, 11) is 0. The Morgan fingerprint density at radius 1 is 1.16 bits per heavy atom. The third-order valence-electron chi connectivity index (χ3n) is 5.31. The molecule has 0 unspecified atom stereocenters. The van der Waals surface area contributed by atoms with Gasteiger partial charge in [0.2, 0.25) is 5.95 Å².